The number of hydrogen-bond acceptors (Lipinski definition) is 2. The lowest BCUT2D eigenvalue weighted by atomic mass is 9.40. The van der Waals surface area contributed by atoms with Gasteiger partial charge in [0, 0.05) is 18.2 Å². The van der Waals surface area contributed by atoms with Gasteiger partial charge >= 0.3 is 0 Å². The van der Waals surface area contributed by atoms with Crippen LogP contribution >= 0.6 is 0 Å². The van der Waals surface area contributed by atoms with Crippen LogP contribution in [0.5, 0.6) is 0 Å². The lowest BCUT2D eigenvalue weighted by Gasteiger charge is -2.26. The van der Waals surface area contributed by atoms with Crippen molar-refractivity contribution < 1.29 is 8.78 Å². The fourth-order valence-corrected chi connectivity index (χ4v) is 3.01. The Morgan fingerprint density at radius 2 is 1.43 bits per heavy atom. The first-order valence-corrected chi connectivity index (χ1v) is 7.76. The molecule has 1 aliphatic rings. The summed E-state index contributed by atoms with van der Waals surface area (Å²) in [7, 11) is 0. The summed E-state index contributed by atoms with van der Waals surface area (Å²) in [5.74, 6) is -0.508. The molecule has 0 aromatic heterocycles. The van der Waals surface area contributed by atoms with Crippen LogP contribution in [0.1, 0.15) is 13.8 Å². The first-order chi connectivity index (χ1) is 11.0. The lowest BCUT2D eigenvalue weighted by molar-refractivity contribution is 0.298. The highest BCUT2D eigenvalue weighted by Crippen LogP contribution is 2.11. The van der Waals surface area contributed by atoms with Gasteiger partial charge in [0.2, 0.25) is 6.71 Å². The Bertz CT molecular complexity index is 652. The van der Waals surface area contributed by atoms with E-state index < -0.39 is 0 Å². The van der Waals surface area contributed by atoms with E-state index in [1.807, 2.05) is 0 Å². The molecular weight excluding hydrogens is 293 g/mol. The Balaban J connectivity index is 1.91. The zero-order valence-corrected chi connectivity index (χ0v) is 13.3. The van der Waals surface area contributed by atoms with Crippen molar-refractivity contribution in [2.75, 3.05) is 6.44 Å². The van der Waals surface area contributed by atoms with Gasteiger partial charge in [-0.2, -0.15) is 0 Å². The van der Waals surface area contributed by atoms with Crippen LogP contribution in [0, 0.1) is 11.6 Å². The molecule has 2 aromatic rings. The van der Waals surface area contributed by atoms with Gasteiger partial charge in [0.15, 0.2) is 0 Å². The van der Waals surface area contributed by atoms with Crippen molar-refractivity contribution in [3.63, 3.8) is 0 Å². The number of hydrazine groups is 1. The van der Waals surface area contributed by atoms with E-state index in [0.29, 0.717) is 6.44 Å². The van der Waals surface area contributed by atoms with Crippen LogP contribution < -0.4 is 16.4 Å². The number of halogens is 2. The van der Waals surface area contributed by atoms with Gasteiger partial charge in [0.1, 0.15) is 11.6 Å². The molecule has 0 saturated carbocycles. The molecule has 0 radical (unpaired) electrons. The fourth-order valence-electron chi connectivity index (χ4n) is 3.01. The first-order valence-electron chi connectivity index (χ1n) is 7.76. The summed E-state index contributed by atoms with van der Waals surface area (Å²) < 4.78 is 26.5. The van der Waals surface area contributed by atoms with Gasteiger partial charge in [-0.15, -0.1) is 0 Å². The van der Waals surface area contributed by atoms with Gasteiger partial charge in [-0.05, 0) is 44.2 Å². The third-order valence-electron chi connectivity index (χ3n) is 4.19. The maximum Gasteiger partial charge on any atom is 0.231 e. The second-order valence-electron chi connectivity index (χ2n) is 5.99. The summed E-state index contributed by atoms with van der Waals surface area (Å²) >= 11 is 0. The highest BCUT2D eigenvalue weighted by atomic mass is 19.1. The quantitative estimate of drug-likeness (QED) is 0.871. The molecule has 0 bridgehead atoms. The third-order valence-corrected chi connectivity index (χ3v) is 4.19. The van der Waals surface area contributed by atoms with E-state index in [1.165, 1.54) is 24.3 Å². The predicted octanol–water partition coefficient (Wildman–Crippen LogP) is 2.23. The van der Waals surface area contributed by atoms with Crippen LogP contribution in [0.3, 0.4) is 0 Å². The Kier molecular flexibility index (Phi) is 4.48. The van der Waals surface area contributed by atoms with Crippen molar-refractivity contribution in [3.8, 4) is 0 Å². The Morgan fingerprint density at radius 3 is 1.83 bits per heavy atom. The van der Waals surface area contributed by atoms with Crippen molar-refractivity contribution in [1.82, 2.24) is 10.4 Å². The molecule has 3 rings (SSSR count). The van der Waals surface area contributed by atoms with Crippen LogP contribution in [0.4, 0.5) is 8.78 Å². The van der Waals surface area contributed by atoms with Gasteiger partial charge < -0.3 is 5.01 Å². The Labute approximate surface area is 135 Å². The van der Waals surface area contributed by atoms with Crippen molar-refractivity contribution in [2.24, 2.45) is 0 Å². The number of nitrogens with zero attached hydrogens (tertiary/aromatic N) is 1. The van der Waals surface area contributed by atoms with Crippen LogP contribution in [-0.2, 0) is 0 Å². The molecule has 1 unspecified atom stereocenters. The summed E-state index contributed by atoms with van der Waals surface area (Å²) in [6.45, 7) is 4.18. The zero-order valence-electron chi connectivity index (χ0n) is 13.3. The monoisotopic (exact) mass is 312 g/mol. The second-order valence-corrected chi connectivity index (χ2v) is 5.99. The normalized spacial score (nSPS) is 17.3. The van der Waals surface area contributed by atoms with E-state index in [4.69, 9.17) is 0 Å². The maximum atomic E-state index is 13.2. The van der Waals surface area contributed by atoms with E-state index in [1.54, 1.807) is 24.3 Å². The molecule has 1 N–H and O–H groups in total. The molecule has 5 heteroatoms. The molecule has 1 aliphatic heterocycles. The topological polar surface area (TPSA) is 15.3 Å². The minimum absolute atomic E-state index is 0.0253. The molecule has 1 atom stereocenters. The summed E-state index contributed by atoms with van der Waals surface area (Å²) in [5, 5.41) is 2.10. The van der Waals surface area contributed by atoms with Gasteiger partial charge in [-0.3, -0.25) is 0 Å². The van der Waals surface area contributed by atoms with E-state index in [0.717, 1.165) is 16.6 Å². The molecule has 23 heavy (non-hydrogen) atoms. The van der Waals surface area contributed by atoms with Crippen LogP contribution in [0.25, 0.3) is 0 Å². The van der Waals surface area contributed by atoms with Gasteiger partial charge in [-0.1, -0.05) is 35.2 Å². The number of benzene rings is 2. The lowest BCUT2D eigenvalue weighted by Crippen LogP contribution is -2.53. The molecule has 0 aliphatic carbocycles. The average molecular weight is 312 g/mol. The summed E-state index contributed by atoms with van der Waals surface area (Å²) in [6.07, 6.45) is 2.86. The van der Waals surface area contributed by atoms with Crippen molar-refractivity contribution >= 4 is 17.6 Å². The molecular formula is C18H19BF2N2. The second kappa shape index (κ2) is 6.55. The van der Waals surface area contributed by atoms with Gasteiger partial charge in [0.05, 0.1) is 0 Å². The minimum Gasteiger partial charge on any atom is -0.319 e. The van der Waals surface area contributed by atoms with Crippen LogP contribution in [0.15, 0.2) is 60.3 Å². The van der Waals surface area contributed by atoms with E-state index >= 15 is 0 Å². The molecule has 118 valence electrons. The molecule has 1 heterocycles. The van der Waals surface area contributed by atoms with Crippen molar-refractivity contribution in [1.29, 1.82) is 0 Å². The number of rotatable bonds is 4. The van der Waals surface area contributed by atoms with E-state index in [-0.39, 0.29) is 24.4 Å². The largest absolute Gasteiger partial charge is 0.319 e. The molecule has 0 saturated heterocycles. The molecule has 2 aromatic carbocycles. The minimum atomic E-state index is -0.254. The molecule has 0 amide bonds. The Morgan fingerprint density at radius 1 is 0.957 bits per heavy atom. The SMILES string of the molecule is CC1=CC(C)NN1CB(c1ccc(F)cc1)c1ccc(F)cc1. The molecule has 0 spiro atoms. The van der Waals surface area contributed by atoms with Gasteiger partial charge in [-0.25, -0.2) is 14.2 Å². The molecule has 2 nitrogen and oxygen atoms in total. The van der Waals surface area contributed by atoms with Gasteiger partial charge in [0.25, 0.3) is 0 Å². The molecule has 0 fully saturated rings. The first kappa shape index (κ1) is 15.7. The standard InChI is InChI=1S/C18H19BF2N2/c1-13-11-14(2)23(22-13)12-19(15-3-7-17(20)8-4-15)16-5-9-18(21)10-6-16/h3-11,13,22H,12H2,1-2H3. The van der Waals surface area contributed by atoms with E-state index in [9.17, 15) is 8.78 Å². The Hall–Kier alpha value is -2.14. The van der Waals surface area contributed by atoms with E-state index in [2.05, 4.69) is 30.4 Å². The summed E-state index contributed by atoms with van der Waals surface area (Å²) in [5.41, 5.74) is 6.56. The van der Waals surface area contributed by atoms with Crippen LogP contribution in [-0.4, -0.2) is 24.2 Å². The van der Waals surface area contributed by atoms with Crippen molar-refractivity contribution in [3.05, 3.63) is 71.9 Å². The highest BCUT2D eigenvalue weighted by molar-refractivity contribution is 6.85. The number of hydrogen-bond donors (Lipinski definition) is 1. The maximum absolute atomic E-state index is 13.2. The number of nitrogens with one attached hydrogen (secondary N) is 1. The fraction of sp³-hybridized carbons (Fsp3) is 0.222. The average Bonchev–Trinajstić information content (AvgIpc) is 2.85. The number of allylic oxidation sites excluding steroid dienone is 1. The van der Waals surface area contributed by atoms with Crippen molar-refractivity contribution in [2.45, 2.75) is 19.9 Å². The highest BCUT2D eigenvalue weighted by Gasteiger charge is 2.26. The third kappa shape index (κ3) is 3.62. The summed E-state index contributed by atoms with van der Waals surface area (Å²) in [4.78, 5) is 0. The zero-order chi connectivity index (χ0) is 16.4. The predicted molar refractivity (Wildman–Crippen MR) is 90.9 cm³/mol. The van der Waals surface area contributed by atoms with Crippen LogP contribution in [0.2, 0.25) is 0 Å². The smallest absolute Gasteiger partial charge is 0.231 e. The summed E-state index contributed by atoms with van der Waals surface area (Å²) in [6, 6.07) is 13.3.